The lowest BCUT2D eigenvalue weighted by Crippen LogP contribution is -2.12. The molecule has 1 rings (SSSR count). The second-order valence-electron chi connectivity index (χ2n) is 3.55. The van der Waals surface area contributed by atoms with E-state index in [1.54, 1.807) is 6.92 Å². The van der Waals surface area contributed by atoms with Gasteiger partial charge in [-0.3, -0.25) is 0 Å². The lowest BCUT2D eigenvalue weighted by Gasteiger charge is -2.11. The van der Waals surface area contributed by atoms with Gasteiger partial charge in [0, 0.05) is 12.8 Å². The maximum atomic E-state index is 12.6. The van der Waals surface area contributed by atoms with Crippen LogP contribution in [0.2, 0.25) is 0 Å². The Labute approximate surface area is 65.4 Å². The Hall–Kier alpha value is -0.180. The molecule has 0 radical (unpaired) electrons. The first-order valence-corrected chi connectivity index (χ1v) is 4.05. The molecule has 1 N–H and O–H groups in total. The molecule has 0 aromatic heterocycles. The van der Waals surface area contributed by atoms with Crippen molar-refractivity contribution in [2.45, 2.75) is 44.6 Å². The topological polar surface area (TPSA) is 20.2 Å². The molecule has 3 heteroatoms. The van der Waals surface area contributed by atoms with Gasteiger partial charge in [-0.2, -0.15) is 0 Å². The predicted molar refractivity (Wildman–Crippen MR) is 38.6 cm³/mol. The highest BCUT2D eigenvalue weighted by atomic mass is 19.3. The van der Waals surface area contributed by atoms with E-state index < -0.39 is 12.0 Å². The highest BCUT2D eigenvalue weighted by molar-refractivity contribution is 4.81. The predicted octanol–water partition coefficient (Wildman–Crippen LogP) is 2.19. The molecular formula is C8H14F2O. The van der Waals surface area contributed by atoms with Crippen molar-refractivity contribution < 1.29 is 13.9 Å². The van der Waals surface area contributed by atoms with E-state index >= 15 is 0 Å². The normalized spacial score (nSPS) is 32.2. The van der Waals surface area contributed by atoms with Crippen LogP contribution in [0.15, 0.2) is 0 Å². The molecule has 1 aliphatic rings. The molecule has 2 atom stereocenters. The van der Waals surface area contributed by atoms with Crippen molar-refractivity contribution >= 4 is 0 Å². The number of aliphatic hydroxyl groups excluding tert-OH is 1. The van der Waals surface area contributed by atoms with Crippen molar-refractivity contribution in [2.75, 3.05) is 0 Å². The highest BCUT2D eigenvalue weighted by Crippen LogP contribution is 2.40. The van der Waals surface area contributed by atoms with Crippen LogP contribution in [0.3, 0.4) is 0 Å². The summed E-state index contributed by atoms with van der Waals surface area (Å²) < 4.78 is 25.1. The fourth-order valence-corrected chi connectivity index (χ4v) is 1.73. The Balaban J connectivity index is 2.31. The van der Waals surface area contributed by atoms with Crippen LogP contribution in [0, 0.1) is 5.92 Å². The van der Waals surface area contributed by atoms with Gasteiger partial charge in [-0.05, 0) is 25.7 Å². The Bertz CT molecular complexity index is 134. The molecule has 1 fully saturated rings. The first-order chi connectivity index (χ1) is 4.99. The van der Waals surface area contributed by atoms with Crippen molar-refractivity contribution in [3.05, 3.63) is 0 Å². The molecule has 1 nitrogen and oxygen atoms in total. The van der Waals surface area contributed by atoms with E-state index in [4.69, 9.17) is 5.11 Å². The lowest BCUT2D eigenvalue weighted by molar-refractivity contribution is 0.00298. The van der Waals surface area contributed by atoms with Gasteiger partial charge in [0.1, 0.15) is 0 Å². The lowest BCUT2D eigenvalue weighted by atomic mass is 10.0. The van der Waals surface area contributed by atoms with Gasteiger partial charge >= 0.3 is 0 Å². The number of halogens is 2. The minimum atomic E-state index is -2.46. The Morgan fingerprint density at radius 1 is 1.64 bits per heavy atom. The van der Waals surface area contributed by atoms with Gasteiger partial charge in [0.15, 0.2) is 0 Å². The zero-order chi connectivity index (χ0) is 8.48. The van der Waals surface area contributed by atoms with Crippen molar-refractivity contribution in [2.24, 2.45) is 5.92 Å². The highest BCUT2D eigenvalue weighted by Gasteiger charge is 2.39. The molecule has 0 bridgehead atoms. The van der Waals surface area contributed by atoms with E-state index in [2.05, 4.69) is 0 Å². The number of alkyl halides is 2. The molecule has 0 aliphatic heterocycles. The van der Waals surface area contributed by atoms with Gasteiger partial charge in [0.2, 0.25) is 5.92 Å². The fraction of sp³-hybridized carbons (Fsp3) is 1.00. The second kappa shape index (κ2) is 3.05. The molecular weight excluding hydrogens is 150 g/mol. The van der Waals surface area contributed by atoms with E-state index in [0.29, 0.717) is 12.8 Å². The zero-order valence-electron chi connectivity index (χ0n) is 6.69. The third-order valence-electron chi connectivity index (χ3n) is 2.18. The maximum absolute atomic E-state index is 12.6. The van der Waals surface area contributed by atoms with Crippen LogP contribution in [0.4, 0.5) is 8.78 Å². The quantitative estimate of drug-likeness (QED) is 0.663. The van der Waals surface area contributed by atoms with E-state index in [9.17, 15) is 8.78 Å². The molecule has 1 saturated carbocycles. The molecule has 0 heterocycles. The van der Waals surface area contributed by atoms with Crippen LogP contribution in [-0.4, -0.2) is 17.1 Å². The van der Waals surface area contributed by atoms with E-state index in [1.165, 1.54) is 0 Å². The summed E-state index contributed by atoms with van der Waals surface area (Å²) in [7, 11) is 0. The van der Waals surface area contributed by atoms with Crippen molar-refractivity contribution in [1.29, 1.82) is 0 Å². The summed E-state index contributed by atoms with van der Waals surface area (Å²) in [6.07, 6.45) is 0.629. The minimum Gasteiger partial charge on any atom is -0.393 e. The Morgan fingerprint density at radius 3 is 2.64 bits per heavy atom. The first-order valence-electron chi connectivity index (χ1n) is 4.05. The average molecular weight is 164 g/mol. The summed E-state index contributed by atoms with van der Waals surface area (Å²) in [5, 5.41) is 8.94. The molecule has 0 aromatic carbocycles. The third-order valence-corrected chi connectivity index (χ3v) is 2.18. The summed E-state index contributed by atoms with van der Waals surface area (Å²) in [5.74, 6) is -2.43. The van der Waals surface area contributed by atoms with E-state index in [1.807, 2.05) is 0 Å². The molecule has 2 unspecified atom stereocenters. The Morgan fingerprint density at radius 2 is 2.27 bits per heavy atom. The second-order valence-corrected chi connectivity index (χ2v) is 3.55. The average Bonchev–Trinajstić information content (AvgIpc) is 2.08. The van der Waals surface area contributed by atoms with Crippen LogP contribution in [0.1, 0.15) is 32.6 Å². The van der Waals surface area contributed by atoms with Crippen molar-refractivity contribution in [3.8, 4) is 0 Å². The summed E-state index contributed by atoms with van der Waals surface area (Å²) in [6, 6.07) is 0. The number of aliphatic hydroxyl groups is 1. The zero-order valence-corrected chi connectivity index (χ0v) is 6.69. The number of hydrogen-bond donors (Lipinski definition) is 1. The summed E-state index contributed by atoms with van der Waals surface area (Å²) in [5.41, 5.74) is 0. The summed E-state index contributed by atoms with van der Waals surface area (Å²) >= 11 is 0. The molecule has 66 valence electrons. The molecule has 1 aliphatic carbocycles. The number of rotatable bonds is 2. The SMILES string of the molecule is CC(O)CC1CCC(F)(F)C1. The van der Waals surface area contributed by atoms with Crippen LogP contribution >= 0.6 is 0 Å². The fourth-order valence-electron chi connectivity index (χ4n) is 1.73. The first kappa shape index (κ1) is 8.91. The smallest absolute Gasteiger partial charge is 0.248 e. The van der Waals surface area contributed by atoms with Crippen LogP contribution < -0.4 is 0 Å². The van der Waals surface area contributed by atoms with Gasteiger partial charge in [-0.15, -0.1) is 0 Å². The Kier molecular flexibility index (Phi) is 2.47. The van der Waals surface area contributed by atoms with Gasteiger partial charge in [0.25, 0.3) is 0 Å². The van der Waals surface area contributed by atoms with Crippen molar-refractivity contribution in [3.63, 3.8) is 0 Å². The largest absolute Gasteiger partial charge is 0.393 e. The van der Waals surface area contributed by atoms with Crippen LogP contribution in [0.25, 0.3) is 0 Å². The summed E-state index contributed by atoms with van der Waals surface area (Å²) in [4.78, 5) is 0. The molecule has 0 spiro atoms. The monoisotopic (exact) mass is 164 g/mol. The standard InChI is InChI=1S/C8H14F2O/c1-6(11)4-7-2-3-8(9,10)5-7/h6-7,11H,2-5H2,1H3. The van der Waals surface area contributed by atoms with Crippen molar-refractivity contribution in [1.82, 2.24) is 0 Å². The maximum Gasteiger partial charge on any atom is 0.248 e. The molecule has 11 heavy (non-hydrogen) atoms. The van der Waals surface area contributed by atoms with E-state index in [-0.39, 0.29) is 18.8 Å². The van der Waals surface area contributed by atoms with E-state index in [0.717, 1.165) is 0 Å². The molecule has 0 amide bonds. The van der Waals surface area contributed by atoms with Crippen LogP contribution in [-0.2, 0) is 0 Å². The van der Waals surface area contributed by atoms with Gasteiger partial charge < -0.3 is 5.11 Å². The number of hydrogen-bond acceptors (Lipinski definition) is 1. The molecule has 0 saturated heterocycles. The van der Waals surface area contributed by atoms with Gasteiger partial charge in [0.05, 0.1) is 6.10 Å². The summed E-state index contributed by atoms with van der Waals surface area (Å²) in [6.45, 7) is 1.65. The van der Waals surface area contributed by atoms with Gasteiger partial charge in [-0.1, -0.05) is 0 Å². The van der Waals surface area contributed by atoms with Gasteiger partial charge in [-0.25, -0.2) is 8.78 Å². The third kappa shape index (κ3) is 2.73. The minimum absolute atomic E-state index is 0.00435. The van der Waals surface area contributed by atoms with Crippen LogP contribution in [0.5, 0.6) is 0 Å². The molecule has 0 aromatic rings.